The van der Waals surface area contributed by atoms with Crippen LogP contribution < -0.4 is 0 Å². The Kier molecular flexibility index (Phi) is 2.10. The average Bonchev–Trinajstić information content (AvgIpc) is 2.20. The van der Waals surface area contributed by atoms with Gasteiger partial charge in [0.25, 0.3) is 0 Å². The molecule has 1 fully saturated rings. The topological polar surface area (TPSA) is 0 Å². The lowest BCUT2D eigenvalue weighted by atomic mass is 10.1. The maximum absolute atomic E-state index is 4.02. The second kappa shape index (κ2) is 2.87. The number of allylic oxidation sites excluding steroid dienone is 4. The molecule has 0 aromatic rings. The SMILES string of the molecule is C=C/C=C1/CCC(C)C1=C. The van der Waals surface area contributed by atoms with Crippen molar-refractivity contribution >= 4 is 0 Å². The minimum atomic E-state index is 0.686. The van der Waals surface area contributed by atoms with Gasteiger partial charge in [-0.3, -0.25) is 0 Å². The molecule has 0 heterocycles. The summed E-state index contributed by atoms with van der Waals surface area (Å²) in [4.78, 5) is 0. The standard InChI is InChI=1S/C10H14/c1-4-5-10-7-6-8(2)9(10)3/h4-5,8H,1,3,6-7H2,2H3/b10-5-. The van der Waals surface area contributed by atoms with Crippen molar-refractivity contribution in [2.45, 2.75) is 19.8 Å². The molecule has 1 unspecified atom stereocenters. The van der Waals surface area contributed by atoms with Crippen LogP contribution in [0.1, 0.15) is 19.8 Å². The van der Waals surface area contributed by atoms with Crippen LogP contribution in [0.4, 0.5) is 0 Å². The predicted molar refractivity (Wildman–Crippen MR) is 45.8 cm³/mol. The molecular weight excluding hydrogens is 120 g/mol. The highest BCUT2D eigenvalue weighted by molar-refractivity contribution is 5.36. The van der Waals surface area contributed by atoms with Crippen molar-refractivity contribution in [2.75, 3.05) is 0 Å². The van der Waals surface area contributed by atoms with Crippen LogP contribution in [-0.2, 0) is 0 Å². The van der Waals surface area contributed by atoms with Gasteiger partial charge in [0.05, 0.1) is 0 Å². The minimum absolute atomic E-state index is 0.686. The molecule has 10 heavy (non-hydrogen) atoms. The van der Waals surface area contributed by atoms with Crippen molar-refractivity contribution in [1.82, 2.24) is 0 Å². The maximum Gasteiger partial charge on any atom is -0.0190 e. The normalized spacial score (nSPS) is 29.5. The summed E-state index contributed by atoms with van der Waals surface area (Å²) in [6, 6.07) is 0. The van der Waals surface area contributed by atoms with Crippen molar-refractivity contribution in [3.63, 3.8) is 0 Å². The van der Waals surface area contributed by atoms with Gasteiger partial charge in [0.1, 0.15) is 0 Å². The second-order valence-electron chi connectivity index (χ2n) is 2.89. The van der Waals surface area contributed by atoms with E-state index >= 15 is 0 Å². The van der Waals surface area contributed by atoms with E-state index in [4.69, 9.17) is 0 Å². The molecule has 0 radical (unpaired) electrons. The maximum atomic E-state index is 4.02. The van der Waals surface area contributed by atoms with Crippen LogP contribution in [0.2, 0.25) is 0 Å². The van der Waals surface area contributed by atoms with Gasteiger partial charge in [0.2, 0.25) is 0 Å². The van der Waals surface area contributed by atoms with Gasteiger partial charge in [-0.1, -0.05) is 32.2 Å². The first kappa shape index (κ1) is 7.33. The highest BCUT2D eigenvalue weighted by atomic mass is 14.2. The molecule has 1 aliphatic rings. The van der Waals surface area contributed by atoms with E-state index in [-0.39, 0.29) is 0 Å². The Bertz CT molecular complexity index is 184. The molecule has 0 amide bonds. The van der Waals surface area contributed by atoms with E-state index in [1.807, 2.05) is 6.08 Å². The van der Waals surface area contributed by atoms with Gasteiger partial charge < -0.3 is 0 Å². The van der Waals surface area contributed by atoms with Crippen LogP contribution in [-0.4, -0.2) is 0 Å². The molecular formula is C10H14. The van der Waals surface area contributed by atoms with Crippen LogP contribution in [0.25, 0.3) is 0 Å². The van der Waals surface area contributed by atoms with Gasteiger partial charge in [-0.15, -0.1) is 0 Å². The van der Waals surface area contributed by atoms with Crippen molar-refractivity contribution in [3.8, 4) is 0 Å². The van der Waals surface area contributed by atoms with Crippen molar-refractivity contribution in [1.29, 1.82) is 0 Å². The number of rotatable bonds is 1. The molecule has 1 atom stereocenters. The smallest absolute Gasteiger partial charge is 0.0190 e. The van der Waals surface area contributed by atoms with Gasteiger partial charge in [-0.25, -0.2) is 0 Å². The number of hydrogen-bond donors (Lipinski definition) is 0. The Labute approximate surface area is 62.9 Å². The Morgan fingerprint density at radius 3 is 2.70 bits per heavy atom. The van der Waals surface area contributed by atoms with Gasteiger partial charge in [0.15, 0.2) is 0 Å². The molecule has 0 saturated heterocycles. The molecule has 54 valence electrons. The molecule has 1 rings (SSSR count). The predicted octanol–water partition coefficient (Wildman–Crippen LogP) is 3.08. The van der Waals surface area contributed by atoms with Gasteiger partial charge in [-0.05, 0) is 29.9 Å². The molecule has 0 nitrogen and oxygen atoms in total. The van der Waals surface area contributed by atoms with E-state index in [0.717, 1.165) is 0 Å². The first-order valence-corrected chi connectivity index (χ1v) is 3.76. The fourth-order valence-corrected chi connectivity index (χ4v) is 1.36. The fourth-order valence-electron chi connectivity index (χ4n) is 1.36. The summed E-state index contributed by atoms with van der Waals surface area (Å²) < 4.78 is 0. The Hall–Kier alpha value is -0.780. The van der Waals surface area contributed by atoms with Gasteiger partial charge >= 0.3 is 0 Å². The zero-order valence-electron chi connectivity index (χ0n) is 6.56. The zero-order chi connectivity index (χ0) is 7.56. The van der Waals surface area contributed by atoms with Crippen LogP contribution in [0.3, 0.4) is 0 Å². The molecule has 0 aliphatic heterocycles. The Morgan fingerprint density at radius 2 is 2.30 bits per heavy atom. The van der Waals surface area contributed by atoms with Crippen molar-refractivity contribution in [3.05, 3.63) is 36.5 Å². The Balaban J connectivity index is 2.75. The van der Waals surface area contributed by atoms with E-state index in [1.54, 1.807) is 0 Å². The van der Waals surface area contributed by atoms with Crippen LogP contribution >= 0.6 is 0 Å². The first-order valence-electron chi connectivity index (χ1n) is 3.76. The fraction of sp³-hybridized carbons (Fsp3) is 0.400. The van der Waals surface area contributed by atoms with E-state index in [0.29, 0.717) is 5.92 Å². The van der Waals surface area contributed by atoms with Crippen molar-refractivity contribution in [2.24, 2.45) is 5.92 Å². The molecule has 1 aliphatic carbocycles. The quantitative estimate of drug-likeness (QED) is 0.517. The summed E-state index contributed by atoms with van der Waals surface area (Å²) in [7, 11) is 0. The van der Waals surface area contributed by atoms with Gasteiger partial charge in [-0.2, -0.15) is 0 Å². The third-order valence-electron chi connectivity index (χ3n) is 2.17. The highest BCUT2D eigenvalue weighted by Gasteiger charge is 2.18. The van der Waals surface area contributed by atoms with E-state index in [2.05, 4.69) is 26.2 Å². The summed E-state index contributed by atoms with van der Waals surface area (Å²) in [5.41, 5.74) is 2.70. The molecule has 1 saturated carbocycles. The third kappa shape index (κ3) is 1.21. The minimum Gasteiger partial charge on any atom is -0.0991 e. The zero-order valence-corrected chi connectivity index (χ0v) is 6.56. The van der Waals surface area contributed by atoms with Gasteiger partial charge in [0, 0.05) is 0 Å². The summed E-state index contributed by atoms with van der Waals surface area (Å²) in [6.45, 7) is 9.91. The van der Waals surface area contributed by atoms with E-state index < -0.39 is 0 Å². The molecule has 0 N–H and O–H groups in total. The molecule has 0 bridgehead atoms. The van der Waals surface area contributed by atoms with Crippen LogP contribution in [0.5, 0.6) is 0 Å². The van der Waals surface area contributed by atoms with E-state index in [1.165, 1.54) is 24.0 Å². The molecule has 0 spiro atoms. The largest absolute Gasteiger partial charge is 0.0991 e. The summed E-state index contributed by atoms with van der Waals surface area (Å²) in [5, 5.41) is 0. The number of hydrogen-bond acceptors (Lipinski definition) is 0. The average molecular weight is 134 g/mol. The lowest BCUT2D eigenvalue weighted by Crippen LogP contribution is -1.86. The lowest BCUT2D eigenvalue weighted by Gasteiger charge is -2.00. The van der Waals surface area contributed by atoms with Crippen LogP contribution in [0.15, 0.2) is 36.5 Å². The lowest BCUT2D eigenvalue weighted by molar-refractivity contribution is 0.699. The van der Waals surface area contributed by atoms with Crippen molar-refractivity contribution < 1.29 is 0 Å². The second-order valence-corrected chi connectivity index (χ2v) is 2.89. The molecule has 0 aromatic carbocycles. The molecule has 0 aromatic heterocycles. The Morgan fingerprint density at radius 1 is 1.60 bits per heavy atom. The first-order chi connectivity index (χ1) is 4.75. The summed E-state index contributed by atoms with van der Waals surface area (Å²) >= 11 is 0. The monoisotopic (exact) mass is 134 g/mol. The molecule has 0 heteroatoms. The summed E-state index contributed by atoms with van der Waals surface area (Å²) in [5.74, 6) is 0.686. The third-order valence-corrected chi connectivity index (χ3v) is 2.17. The van der Waals surface area contributed by atoms with Crippen LogP contribution in [0, 0.1) is 5.92 Å². The highest BCUT2D eigenvalue weighted by Crippen LogP contribution is 2.33. The van der Waals surface area contributed by atoms with E-state index in [9.17, 15) is 0 Å². The summed E-state index contributed by atoms with van der Waals surface area (Å²) in [6.07, 6.45) is 6.37.